The van der Waals surface area contributed by atoms with Gasteiger partial charge in [-0.15, -0.1) is 11.8 Å². The molecule has 31 heavy (non-hydrogen) atoms. The number of hydrazone groups is 1. The number of hydrogen-bond donors (Lipinski definition) is 0. The summed E-state index contributed by atoms with van der Waals surface area (Å²) >= 11 is 5.34. The summed E-state index contributed by atoms with van der Waals surface area (Å²) in [5.74, 6) is 2.46. The lowest BCUT2D eigenvalue weighted by Gasteiger charge is -2.38. The zero-order chi connectivity index (χ0) is 20.9. The molecule has 0 amide bonds. The molecule has 0 saturated heterocycles. The molecule has 0 spiro atoms. The van der Waals surface area contributed by atoms with Crippen LogP contribution in [0, 0.1) is 0 Å². The van der Waals surface area contributed by atoms with E-state index in [4.69, 9.17) is 19.3 Å². The fourth-order valence-electron chi connectivity index (χ4n) is 4.30. The minimum Gasteiger partial charge on any atom is -0.464 e. The predicted octanol–water partition coefficient (Wildman–Crippen LogP) is 6.14. The van der Waals surface area contributed by atoms with Crippen LogP contribution in [0.5, 0.6) is 17.2 Å². The summed E-state index contributed by atoms with van der Waals surface area (Å²) in [5.41, 5.74) is 4.30. The van der Waals surface area contributed by atoms with Gasteiger partial charge < -0.3 is 14.2 Å². The SMILES string of the molecule is CSc1ccc([C@H]2Oc3ccc(Br)cc3[C@H]3CC(c4ccc5c(c4)OCO5)=NN32)cc1. The molecule has 0 aliphatic carbocycles. The van der Waals surface area contributed by atoms with Gasteiger partial charge in [-0.25, -0.2) is 5.01 Å². The van der Waals surface area contributed by atoms with Crippen LogP contribution in [-0.2, 0) is 0 Å². The number of benzene rings is 3. The van der Waals surface area contributed by atoms with Gasteiger partial charge in [0.2, 0.25) is 13.0 Å². The Balaban J connectivity index is 1.42. The second-order valence-corrected chi connectivity index (χ2v) is 9.44. The third-order valence-electron chi connectivity index (χ3n) is 5.86. The van der Waals surface area contributed by atoms with E-state index in [0.29, 0.717) is 0 Å². The standard InChI is InChI=1S/C24H19BrN2O3S/c1-31-17-6-2-14(3-7-17)24-27-20(18-11-16(25)5-9-21(18)30-24)12-19(26-27)15-4-8-22-23(10-15)29-13-28-22/h2-11,20,24H,12-13H2,1H3/t20-,24-/m1/s1. The summed E-state index contributed by atoms with van der Waals surface area (Å²) in [6.45, 7) is 0.267. The Labute approximate surface area is 193 Å². The molecule has 0 radical (unpaired) electrons. The number of nitrogens with zero attached hydrogens (tertiary/aromatic N) is 2. The van der Waals surface area contributed by atoms with Crippen molar-refractivity contribution in [1.29, 1.82) is 0 Å². The van der Waals surface area contributed by atoms with Crippen LogP contribution in [0.2, 0.25) is 0 Å². The van der Waals surface area contributed by atoms with Crippen LogP contribution < -0.4 is 14.2 Å². The molecule has 5 nitrogen and oxygen atoms in total. The molecule has 0 unspecified atom stereocenters. The molecule has 156 valence electrons. The Morgan fingerprint density at radius 1 is 0.968 bits per heavy atom. The Kier molecular flexibility index (Phi) is 4.61. The molecule has 3 aliphatic heterocycles. The van der Waals surface area contributed by atoms with Crippen molar-refractivity contribution in [2.45, 2.75) is 23.6 Å². The molecule has 3 aromatic rings. The summed E-state index contributed by atoms with van der Waals surface area (Å²) < 4.78 is 18.5. The van der Waals surface area contributed by atoms with Gasteiger partial charge in [-0.05, 0) is 54.8 Å². The molecule has 0 fully saturated rings. The number of halogens is 1. The van der Waals surface area contributed by atoms with Crippen molar-refractivity contribution in [3.8, 4) is 17.2 Å². The first-order chi connectivity index (χ1) is 15.2. The first-order valence-electron chi connectivity index (χ1n) is 10.1. The van der Waals surface area contributed by atoms with Crippen LogP contribution in [0.15, 0.2) is 75.1 Å². The van der Waals surface area contributed by atoms with E-state index in [1.165, 1.54) is 4.90 Å². The summed E-state index contributed by atoms with van der Waals surface area (Å²) in [7, 11) is 0. The summed E-state index contributed by atoms with van der Waals surface area (Å²) in [6.07, 6.45) is 2.60. The lowest BCUT2D eigenvalue weighted by atomic mass is 9.96. The largest absolute Gasteiger partial charge is 0.464 e. The van der Waals surface area contributed by atoms with Gasteiger partial charge in [-0.3, -0.25) is 0 Å². The van der Waals surface area contributed by atoms with E-state index < -0.39 is 0 Å². The summed E-state index contributed by atoms with van der Waals surface area (Å²) in [5, 5.41) is 7.14. The normalized spacial score (nSPS) is 20.7. The number of hydrogen-bond acceptors (Lipinski definition) is 6. The van der Waals surface area contributed by atoms with Crippen LogP contribution in [0.3, 0.4) is 0 Å². The molecule has 6 rings (SSSR count). The van der Waals surface area contributed by atoms with Crippen molar-refractivity contribution in [1.82, 2.24) is 5.01 Å². The summed E-state index contributed by atoms with van der Waals surface area (Å²) in [6, 6.07) is 20.9. The van der Waals surface area contributed by atoms with Crippen LogP contribution in [0.4, 0.5) is 0 Å². The van der Waals surface area contributed by atoms with E-state index in [-0.39, 0.29) is 19.1 Å². The molecule has 0 saturated carbocycles. The van der Waals surface area contributed by atoms with Gasteiger partial charge in [0.15, 0.2) is 11.5 Å². The smallest absolute Gasteiger partial charge is 0.231 e. The van der Waals surface area contributed by atoms with Crippen LogP contribution in [0.25, 0.3) is 0 Å². The minimum absolute atomic E-state index is 0.104. The van der Waals surface area contributed by atoms with Gasteiger partial charge in [0.05, 0.1) is 11.8 Å². The molecule has 0 bridgehead atoms. The highest BCUT2D eigenvalue weighted by Crippen LogP contribution is 2.48. The van der Waals surface area contributed by atoms with Crippen LogP contribution >= 0.6 is 27.7 Å². The highest BCUT2D eigenvalue weighted by molar-refractivity contribution is 9.10. The van der Waals surface area contributed by atoms with Crippen molar-refractivity contribution < 1.29 is 14.2 Å². The fraction of sp³-hybridized carbons (Fsp3) is 0.208. The van der Waals surface area contributed by atoms with Crippen molar-refractivity contribution in [3.05, 3.63) is 81.8 Å². The van der Waals surface area contributed by atoms with Gasteiger partial charge in [-0.1, -0.05) is 28.1 Å². The lowest BCUT2D eigenvalue weighted by molar-refractivity contribution is -0.0191. The maximum Gasteiger partial charge on any atom is 0.231 e. The second-order valence-electron chi connectivity index (χ2n) is 7.64. The average Bonchev–Trinajstić information content (AvgIpc) is 3.45. The van der Waals surface area contributed by atoms with Gasteiger partial charge in [-0.2, -0.15) is 5.10 Å². The lowest BCUT2D eigenvalue weighted by Crippen LogP contribution is -2.33. The van der Waals surface area contributed by atoms with Gasteiger partial charge in [0.25, 0.3) is 0 Å². The average molecular weight is 495 g/mol. The zero-order valence-corrected chi connectivity index (χ0v) is 19.2. The maximum atomic E-state index is 6.47. The van der Waals surface area contributed by atoms with Crippen LogP contribution in [-0.4, -0.2) is 23.8 Å². The maximum absolute atomic E-state index is 6.47. The molecule has 2 atom stereocenters. The number of rotatable bonds is 3. The van der Waals surface area contributed by atoms with Crippen molar-refractivity contribution >= 4 is 33.4 Å². The molecule has 0 aromatic heterocycles. The summed E-state index contributed by atoms with van der Waals surface area (Å²) in [4.78, 5) is 1.23. The Bertz CT molecular complexity index is 1200. The molecule has 3 aliphatic rings. The van der Waals surface area contributed by atoms with Crippen molar-refractivity contribution in [2.24, 2.45) is 5.10 Å². The van der Waals surface area contributed by atoms with E-state index in [9.17, 15) is 0 Å². The Morgan fingerprint density at radius 2 is 1.77 bits per heavy atom. The predicted molar refractivity (Wildman–Crippen MR) is 124 cm³/mol. The number of thioether (sulfide) groups is 1. The quantitative estimate of drug-likeness (QED) is 0.409. The van der Waals surface area contributed by atoms with E-state index in [0.717, 1.165) is 50.5 Å². The van der Waals surface area contributed by atoms with Crippen molar-refractivity contribution in [2.75, 3.05) is 13.0 Å². The van der Waals surface area contributed by atoms with E-state index in [1.54, 1.807) is 11.8 Å². The zero-order valence-electron chi connectivity index (χ0n) is 16.7. The molecule has 0 N–H and O–H groups in total. The van der Waals surface area contributed by atoms with E-state index in [2.05, 4.69) is 63.6 Å². The highest BCUT2D eigenvalue weighted by Gasteiger charge is 2.41. The van der Waals surface area contributed by atoms with Crippen molar-refractivity contribution in [3.63, 3.8) is 0 Å². The van der Waals surface area contributed by atoms with Gasteiger partial charge in [0, 0.05) is 32.5 Å². The molecular weight excluding hydrogens is 476 g/mol. The number of ether oxygens (including phenoxy) is 3. The molecule has 3 heterocycles. The fourth-order valence-corrected chi connectivity index (χ4v) is 5.08. The molecular formula is C24H19BrN2O3S. The molecule has 3 aromatic carbocycles. The second kappa shape index (κ2) is 7.50. The Hall–Kier alpha value is -2.64. The number of fused-ring (bicyclic) bond motifs is 4. The third-order valence-corrected chi connectivity index (χ3v) is 7.10. The first-order valence-corrected chi connectivity index (χ1v) is 12.1. The van der Waals surface area contributed by atoms with Gasteiger partial charge in [0.1, 0.15) is 5.75 Å². The minimum atomic E-state index is -0.277. The van der Waals surface area contributed by atoms with Crippen LogP contribution in [0.1, 0.15) is 35.4 Å². The third kappa shape index (κ3) is 3.27. The molecule has 7 heteroatoms. The highest BCUT2D eigenvalue weighted by atomic mass is 79.9. The monoisotopic (exact) mass is 494 g/mol. The van der Waals surface area contributed by atoms with E-state index >= 15 is 0 Å². The topological polar surface area (TPSA) is 43.3 Å². The van der Waals surface area contributed by atoms with E-state index in [1.807, 2.05) is 24.3 Å². The Morgan fingerprint density at radius 3 is 2.61 bits per heavy atom. The first kappa shape index (κ1) is 19.1. The van der Waals surface area contributed by atoms with Gasteiger partial charge >= 0.3 is 0 Å².